The number of carbonyl (C=O) groups is 3. The van der Waals surface area contributed by atoms with Crippen LogP contribution in [-0.2, 0) is 27.3 Å². The van der Waals surface area contributed by atoms with Gasteiger partial charge < -0.3 is 31.3 Å². The van der Waals surface area contributed by atoms with Crippen LogP contribution >= 0.6 is 0 Å². The maximum Gasteiger partial charge on any atom is 0.255 e. The van der Waals surface area contributed by atoms with E-state index in [2.05, 4.69) is 5.32 Å². The maximum atomic E-state index is 13.9. The van der Waals surface area contributed by atoms with Gasteiger partial charge in [-0.1, -0.05) is 0 Å². The van der Waals surface area contributed by atoms with Gasteiger partial charge in [-0.2, -0.15) is 0 Å². The summed E-state index contributed by atoms with van der Waals surface area (Å²) >= 11 is 0. The van der Waals surface area contributed by atoms with Crippen LogP contribution in [0.2, 0.25) is 0 Å². The van der Waals surface area contributed by atoms with E-state index < -0.39 is 52.6 Å². The molecule has 4 unspecified atom stereocenters. The Bertz CT molecular complexity index is 1290. The van der Waals surface area contributed by atoms with Gasteiger partial charge in [0.15, 0.2) is 11.6 Å². The molecule has 10 heteroatoms. The SMILES string of the molecule is CN(C)c1cc(CNC(C)(C)C)c(O)c2c1CC1CC3C(C(=O)C(C(N)=O)=C(O)C3N(C)C)C(=O)C1=C2O. The molecule has 1 aromatic rings. The van der Waals surface area contributed by atoms with Gasteiger partial charge in [-0.15, -0.1) is 0 Å². The number of Topliss-reactive ketones (excluding diaryl/α,β-unsaturated/α-hetero) is 2. The number of hydrogen-bond acceptors (Lipinski definition) is 9. The van der Waals surface area contributed by atoms with Crippen molar-refractivity contribution in [3.05, 3.63) is 39.7 Å². The standard InChI is InChI=1S/C28H38N4O6/c1-28(2,3)30-11-13-10-16(31(4)5)14-8-12-9-15-19(24(35)17(12)23(34)18(14)22(13)33)25(36)20(27(29)38)26(37)21(15)32(6)7/h10,12,15,19,21,30,33-34,37H,8-9,11H2,1-7H3,(H2,29,38). The number of fused-ring (bicyclic) bond motifs is 3. The molecule has 4 atom stereocenters. The Morgan fingerprint density at radius 2 is 1.74 bits per heavy atom. The Labute approximate surface area is 222 Å². The summed E-state index contributed by atoms with van der Waals surface area (Å²) in [5.41, 5.74) is 7.01. The number of nitrogens with zero attached hydrogens (tertiary/aromatic N) is 2. The fourth-order valence-electron chi connectivity index (χ4n) is 6.26. The van der Waals surface area contributed by atoms with E-state index in [-0.39, 0.29) is 28.2 Å². The van der Waals surface area contributed by atoms with E-state index in [4.69, 9.17) is 5.73 Å². The van der Waals surface area contributed by atoms with Gasteiger partial charge in [0, 0.05) is 43.0 Å². The average molecular weight is 527 g/mol. The number of phenolic OH excluding ortho intramolecular Hbond substituents is 1. The fourth-order valence-corrected chi connectivity index (χ4v) is 6.26. The van der Waals surface area contributed by atoms with Crippen LogP contribution in [0.15, 0.2) is 23.0 Å². The largest absolute Gasteiger partial charge is 0.510 e. The highest BCUT2D eigenvalue weighted by atomic mass is 16.3. The fraction of sp³-hybridized carbons (Fsp3) is 0.536. The zero-order valence-electron chi connectivity index (χ0n) is 23.0. The van der Waals surface area contributed by atoms with Crippen molar-refractivity contribution in [1.82, 2.24) is 10.2 Å². The first-order valence-corrected chi connectivity index (χ1v) is 12.8. The highest BCUT2D eigenvalue weighted by molar-refractivity contribution is 6.28. The summed E-state index contributed by atoms with van der Waals surface area (Å²) in [7, 11) is 7.15. The van der Waals surface area contributed by atoms with E-state index in [9.17, 15) is 29.7 Å². The molecule has 1 amide bonds. The number of nitrogens with one attached hydrogen (secondary N) is 1. The number of benzene rings is 1. The minimum atomic E-state index is -1.27. The maximum absolute atomic E-state index is 13.9. The lowest BCUT2D eigenvalue weighted by molar-refractivity contribution is -0.136. The zero-order valence-corrected chi connectivity index (χ0v) is 23.0. The first-order chi connectivity index (χ1) is 17.6. The van der Waals surface area contributed by atoms with E-state index in [1.807, 2.05) is 45.8 Å². The summed E-state index contributed by atoms with van der Waals surface area (Å²) < 4.78 is 0. The van der Waals surface area contributed by atoms with Crippen molar-refractivity contribution in [2.45, 2.75) is 51.7 Å². The van der Waals surface area contributed by atoms with Crippen LogP contribution < -0.4 is 16.0 Å². The van der Waals surface area contributed by atoms with E-state index in [0.29, 0.717) is 30.5 Å². The van der Waals surface area contributed by atoms with E-state index in [0.717, 1.165) is 5.69 Å². The molecule has 10 nitrogen and oxygen atoms in total. The molecule has 0 radical (unpaired) electrons. The molecular formula is C28H38N4O6. The molecule has 0 heterocycles. The summed E-state index contributed by atoms with van der Waals surface area (Å²) in [5.74, 6) is -5.70. The highest BCUT2D eigenvalue weighted by Gasteiger charge is 2.55. The molecule has 0 aromatic heterocycles. The number of allylic oxidation sites excluding steroid dienone is 1. The lowest BCUT2D eigenvalue weighted by Crippen LogP contribution is -2.55. The normalized spacial score (nSPS) is 25.4. The Morgan fingerprint density at radius 1 is 1.11 bits per heavy atom. The number of phenols is 1. The molecule has 3 aliphatic rings. The third-order valence-electron chi connectivity index (χ3n) is 7.91. The quantitative estimate of drug-likeness (QED) is 0.285. The number of rotatable bonds is 5. The summed E-state index contributed by atoms with van der Waals surface area (Å²) in [6.07, 6.45) is 0.681. The van der Waals surface area contributed by atoms with Crippen LogP contribution in [0.3, 0.4) is 0 Å². The van der Waals surface area contributed by atoms with Crippen molar-refractivity contribution in [2.24, 2.45) is 23.5 Å². The van der Waals surface area contributed by atoms with Gasteiger partial charge in [-0.05, 0) is 71.2 Å². The number of aliphatic hydroxyl groups excluding tert-OH is 2. The summed E-state index contributed by atoms with van der Waals surface area (Å²) in [4.78, 5) is 42.9. The van der Waals surface area contributed by atoms with E-state index in [1.54, 1.807) is 19.0 Å². The second-order valence-corrected chi connectivity index (χ2v) is 12.1. The van der Waals surface area contributed by atoms with Gasteiger partial charge in [-0.25, -0.2) is 0 Å². The van der Waals surface area contributed by atoms with Crippen LogP contribution in [-0.4, -0.2) is 77.5 Å². The number of carbonyl (C=O) groups excluding carboxylic acids is 3. The van der Waals surface area contributed by atoms with Crippen LogP contribution in [0.4, 0.5) is 5.69 Å². The number of hydrogen-bond donors (Lipinski definition) is 5. The second-order valence-electron chi connectivity index (χ2n) is 12.1. The van der Waals surface area contributed by atoms with Crippen molar-refractivity contribution >= 4 is 28.9 Å². The third-order valence-corrected chi connectivity index (χ3v) is 7.91. The summed E-state index contributed by atoms with van der Waals surface area (Å²) in [6, 6.07) is 1.13. The Kier molecular flexibility index (Phi) is 6.86. The molecule has 206 valence electrons. The number of ketones is 2. The molecule has 0 spiro atoms. The molecular weight excluding hydrogens is 488 g/mol. The van der Waals surface area contributed by atoms with Crippen molar-refractivity contribution in [1.29, 1.82) is 0 Å². The molecule has 1 fully saturated rings. The molecule has 38 heavy (non-hydrogen) atoms. The minimum absolute atomic E-state index is 0.0794. The van der Waals surface area contributed by atoms with Crippen LogP contribution in [0.25, 0.3) is 5.76 Å². The summed E-state index contributed by atoms with van der Waals surface area (Å²) in [5, 5.41) is 37.0. The molecule has 6 N–H and O–H groups in total. The smallest absolute Gasteiger partial charge is 0.255 e. The minimum Gasteiger partial charge on any atom is -0.510 e. The molecule has 1 aromatic carbocycles. The molecule has 0 bridgehead atoms. The van der Waals surface area contributed by atoms with E-state index in [1.165, 1.54) is 0 Å². The average Bonchev–Trinajstić information content (AvgIpc) is 2.76. The molecule has 1 saturated carbocycles. The van der Waals surface area contributed by atoms with Crippen LogP contribution in [0.1, 0.15) is 43.9 Å². The second kappa shape index (κ2) is 9.43. The van der Waals surface area contributed by atoms with Crippen molar-refractivity contribution in [3.8, 4) is 5.75 Å². The molecule has 4 rings (SSSR count). The van der Waals surface area contributed by atoms with Gasteiger partial charge in [-0.3, -0.25) is 19.3 Å². The molecule has 0 aliphatic heterocycles. The van der Waals surface area contributed by atoms with Gasteiger partial charge in [0.1, 0.15) is 22.8 Å². The number of nitrogens with two attached hydrogens (primary N) is 1. The lowest BCUT2D eigenvalue weighted by atomic mass is 9.59. The topological polar surface area (TPSA) is 156 Å². The monoisotopic (exact) mass is 526 g/mol. The predicted octanol–water partition coefficient (Wildman–Crippen LogP) is 1.80. The van der Waals surface area contributed by atoms with Crippen molar-refractivity contribution in [3.63, 3.8) is 0 Å². The van der Waals surface area contributed by atoms with Crippen LogP contribution in [0, 0.1) is 17.8 Å². The van der Waals surface area contributed by atoms with Crippen molar-refractivity contribution < 1.29 is 29.7 Å². The Balaban J connectivity index is 1.89. The van der Waals surface area contributed by atoms with Gasteiger partial charge >= 0.3 is 0 Å². The molecule has 0 saturated heterocycles. The number of aliphatic hydroxyl groups is 2. The van der Waals surface area contributed by atoms with Crippen LogP contribution in [0.5, 0.6) is 5.75 Å². The Morgan fingerprint density at radius 3 is 2.26 bits per heavy atom. The Hall–Kier alpha value is -3.37. The number of likely N-dealkylation sites (N-methyl/N-ethyl adjacent to an activating group) is 1. The lowest BCUT2D eigenvalue weighted by Gasteiger charge is -2.46. The zero-order chi connectivity index (χ0) is 28.4. The summed E-state index contributed by atoms with van der Waals surface area (Å²) in [6.45, 7) is 6.35. The highest BCUT2D eigenvalue weighted by Crippen LogP contribution is 2.52. The number of aromatic hydroxyl groups is 1. The van der Waals surface area contributed by atoms with Gasteiger partial charge in [0.2, 0.25) is 0 Å². The van der Waals surface area contributed by atoms with E-state index >= 15 is 0 Å². The number of anilines is 1. The first-order valence-electron chi connectivity index (χ1n) is 12.8. The van der Waals surface area contributed by atoms with Gasteiger partial charge in [0.25, 0.3) is 5.91 Å². The van der Waals surface area contributed by atoms with Crippen molar-refractivity contribution in [2.75, 3.05) is 33.1 Å². The van der Waals surface area contributed by atoms with Gasteiger partial charge in [0.05, 0.1) is 17.5 Å². The predicted molar refractivity (Wildman–Crippen MR) is 144 cm³/mol. The number of amides is 1. The first kappa shape index (κ1) is 27.7. The number of primary amides is 1. The molecule has 3 aliphatic carbocycles. The third kappa shape index (κ3) is 4.35.